The van der Waals surface area contributed by atoms with Crippen LogP contribution in [0.1, 0.15) is 11.1 Å². The van der Waals surface area contributed by atoms with Gasteiger partial charge in [-0.15, -0.1) is 0 Å². The second kappa shape index (κ2) is 6.89. The molecule has 0 unspecified atom stereocenters. The summed E-state index contributed by atoms with van der Waals surface area (Å²) in [5.41, 5.74) is 2.49. The van der Waals surface area contributed by atoms with E-state index in [1.165, 1.54) is 11.1 Å². The monoisotopic (exact) mass is 256 g/mol. The number of hydrogen-bond donors (Lipinski definition) is 0. The Balaban J connectivity index is 1.91. The minimum atomic E-state index is -0.418. The summed E-state index contributed by atoms with van der Waals surface area (Å²) in [6.07, 6.45) is 0. The first-order valence-electron chi connectivity index (χ1n) is 5.70. The summed E-state index contributed by atoms with van der Waals surface area (Å²) in [4.78, 5) is 0. The van der Waals surface area contributed by atoms with Crippen molar-refractivity contribution in [1.29, 1.82) is 0 Å². The molecule has 0 fully saturated rings. The molecular weight excluding hydrogens is 244 g/mol. The Morgan fingerprint density at radius 2 is 1.59 bits per heavy atom. The molecule has 2 aromatic rings. The smallest absolute Gasteiger partial charge is 0.489 e. The molecule has 84 valence electrons. The van der Waals surface area contributed by atoms with Crippen LogP contribution in [-0.2, 0) is 11.2 Å². The van der Waals surface area contributed by atoms with Gasteiger partial charge in [-0.05, 0) is 17.7 Å². The van der Waals surface area contributed by atoms with E-state index < -0.39 is 19.3 Å². The summed E-state index contributed by atoms with van der Waals surface area (Å²) >= 11 is -0.418. The highest BCUT2D eigenvalue weighted by atomic mass is 35.5. The standard InChI is InChI=1S/C14H13O.ClH.Mg/c1-12-7-9-14(10-8-12)15-11-13-5-3-2-4-6-13;;/h2-10H,1,11H2;1H;/q;;+1/p-1. The van der Waals surface area contributed by atoms with E-state index >= 15 is 0 Å². The van der Waals surface area contributed by atoms with Gasteiger partial charge in [0.2, 0.25) is 0 Å². The molecule has 0 aliphatic carbocycles. The van der Waals surface area contributed by atoms with Crippen LogP contribution in [0.4, 0.5) is 0 Å². The lowest BCUT2D eigenvalue weighted by Crippen LogP contribution is -1.95. The molecule has 0 N–H and O–H groups in total. The summed E-state index contributed by atoms with van der Waals surface area (Å²) in [6.45, 7) is 0.616. The van der Waals surface area contributed by atoms with Crippen molar-refractivity contribution in [3.63, 3.8) is 0 Å². The summed E-state index contributed by atoms with van der Waals surface area (Å²) < 4.78 is 6.75. The Kier molecular flexibility index (Phi) is 5.17. The number of halogens is 1. The van der Waals surface area contributed by atoms with Crippen molar-refractivity contribution in [3.05, 3.63) is 65.7 Å². The zero-order valence-electron chi connectivity index (χ0n) is 9.60. The second-order valence-electron chi connectivity index (χ2n) is 3.86. The molecule has 0 aliphatic rings. The molecule has 0 bridgehead atoms. The fraction of sp³-hybridized carbons (Fsp3) is 0.143. The maximum absolute atomic E-state index is 5.82. The van der Waals surface area contributed by atoms with Crippen molar-refractivity contribution < 1.29 is 4.74 Å². The highest BCUT2D eigenvalue weighted by molar-refractivity contribution is 6.93. The predicted octanol–water partition coefficient (Wildman–Crippen LogP) is 3.62. The minimum absolute atomic E-state index is 0.418. The second-order valence-corrected chi connectivity index (χ2v) is 5.87. The van der Waals surface area contributed by atoms with Crippen molar-refractivity contribution in [2.45, 2.75) is 11.2 Å². The van der Waals surface area contributed by atoms with Crippen molar-refractivity contribution in [1.82, 2.24) is 0 Å². The number of rotatable bonds is 5. The molecule has 0 saturated carbocycles. The van der Waals surface area contributed by atoms with E-state index in [4.69, 9.17) is 13.8 Å². The molecule has 0 atom stereocenters. The molecule has 2 rings (SSSR count). The first-order valence-corrected chi connectivity index (χ1v) is 8.84. The van der Waals surface area contributed by atoms with E-state index in [2.05, 4.69) is 24.3 Å². The summed E-state index contributed by atoms with van der Waals surface area (Å²) in [5, 5.41) is 0. The third-order valence-corrected chi connectivity index (χ3v) is 3.89. The number of ether oxygens (including phenoxy) is 1. The van der Waals surface area contributed by atoms with Gasteiger partial charge in [0.15, 0.2) is 0 Å². The van der Waals surface area contributed by atoms with Gasteiger partial charge in [0.1, 0.15) is 12.4 Å². The molecule has 17 heavy (non-hydrogen) atoms. The van der Waals surface area contributed by atoms with Gasteiger partial charge in [-0.3, -0.25) is 0 Å². The zero-order valence-corrected chi connectivity index (χ0v) is 11.8. The van der Waals surface area contributed by atoms with Crippen LogP contribution in [0.5, 0.6) is 5.75 Å². The van der Waals surface area contributed by atoms with E-state index in [1.54, 1.807) is 0 Å². The normalized spacial score (nSPS) is 9.71. The Hall–Kier alpha value is -0.704. The predicted molar refractivity (Wildman–Crippen MR) is 72.5 cm³/mol. The van der Waals surface area contributed by atoms with E-state index in [9.17, 15) is 0 Å². The molecular formula is C14H13ClMgO. The van der Waals surface area contributed by atoms with Crippen molar-refractivity contribution in [3.8, 4) is 5.75 Å². The van der Waals surface area contributed by atoms with Crippen LogP contribution in [0.15, 0.2) is 54.6 Å². The van der Waals surface area contributed by atoms with Crippen molar-refractivity contribution >= 4 is 28.3 Å². The van der Waals surface area contributed by atoms with E-state index in [1.807, 2.05) is 30.3 Å². The van der Waals surface area contributed by atoms with Gasteiger partial charge in [0.05, 0.1) is 0 Å². The van der Waals surface area contributed by atoms with Crippen LogP contribution in [-0.4, -0.2) is 19.3 Å². The molecule has 0 amide bonds. The molecule has 1 nitrogen and oxygen atoms in total. The summed E-state index contributed by atoms with van der Waals surface area (Å²) in [5.74, 6) is 0.911. The molecule has 0 aliphatic heterocycles. The van der Waals surface area contributed by atoms with Gasteiger partial charge < -0.3 is 13.8 Å². The van der Waals surface area contributed by atoms with E-state index in [0.717, 1.165) is 10.3 Å². The lowest BCUT2D eigenvalue weighted by atomic mass is 10.2. The molecule has 0 heterocycles. The fourth-order valence-electron chi connectivity index (χ4n) is 1.60. The maximum atomic E-state index is 5.82. The van der Waals surface area contributed by atoms with Gasteiger partial charge in [0, 0.05) is 0 Å². The van der Waals surface area contributed by atoms with Crippen LogP contribution in [0, 0.1) is 0 Å². The van der Waals surface area contributed by atoms with Gasteiger partial charge in [0.25, 0.3) is 0 Å². The molecule has 0 saturated heterocycles. The molecule has 0 spiro atoms. The Morgan fingerprint density at radius 3 is 2.24 bits per heavy atom. The van der Waals surface area contributed by atoms with Crippen LogP contribution >= 0.6 is 9.07 Å². The summed E-state index contributed by atoms with van der Waals surface area (Å²) in [6, 6.07) is 18.4. The number of hydrogen-bond acceptors (Lipinski definition) is 1. The van der Waals surface area contributed by atoms with Crippen molar-refractivity contribution in [2.75, 3.05) is 0 Å². The van der Waals surface area contributed by atoms with Gasteiger partial charge >= 0.3 is 19.3 Å². The number of benzene rings is 2. The van der Waals surface area contributed by atoms with Crippen LogP contribution in [0.2, 0.25) is 0 Å². The Labute approximate surface area is 115 Å². The molecule has 3 heteroatoms. The average molecular weight is 257 g/mol. The Morgan fingerprint density at radius 1 is 0.882 bits per heavy atom. The Bertz CT molecular complexity index is 442. The zero-order chi connectivity index (χ0) is 11.9. The molecule has 0 radical (unpaired) electrons. The quantitative estimate of drug-likeness (QED) is 0.743. The van der Waals surface area contributed by atoms with E-state index in [0.29, 0.717) is 6.61 Å². The molecule has 2 aromatic carbocycles. The fourth-order valence-corrected chi connectivity index (χ4v) is 2.81. The highest BCUT2D eigenvalue weighted by Gasteiger charge is 1.98. The summed E-state index contributed by atoms with van der Waals surface area (Å²) in [7, 11) is 5.82. The average Bonchev–Trinajstić information content (AvgIpc) is 2.40. The SMILES string of the molecule is [Cl][Mg][CH2]c1ccc(OCc2ccccc2)cc1. The van der Waals surface area contributed by atoms with Crippen LogP contribution < -0.4 is 4.74 Å². The van der Waals surface area contributed by atoms with Crippen LogP contribution in [0.25, 0.3) is 0 Å². The lowest BCUT2D eigenvalue weighted by Gasteiger charge is -2.06. The third-order valence-electron chi connectivity index (χ3n) is 2.55. The van der Waals surface area contributed by atoms with Crippen LogP contribution in [0.3, 0.4) is 0 Å². The van der Waals surface area contributed by atoms with Crippen molar-refractivity contribution in [2.24, 2.45) is 0 Å². The third kappa shape index (κ3) is 4.23. The first-order chi connectivity index (χ1) is 8.38. The lowest BCUT2D eigenvalue weighted by molar-refractivity contribution is 0.306. The largest absolute Gasteiger partial charge is 0.505 e. The highest BCUT2D eigenvalue weighted by Crippen LogP contribution is 2.14. The maximum Gasteiger partial charge on any atom is 0.505 e. The molecule has 0 aromatic heterocycles. The topological polar surface area (TPSA) is 9.23 Å². The minimum Gasteiger partial charge on any atom is -0.489 e. The van der Waals surface area contributed by atoms with Gasteiger partial charge in [-0.1, -0.05) is 52.6 Å². The first kappa shape index (κ1) is 12.7. The van der Waals surface area contributed by atoms with Gasteiger partial charge in [-0.2, -0.15) is 0 Å². The van der Waals surface area contributed by atoms with Gasteiger partial charge in [-0.25, -0.2) is 0 Å². The van der Waals surface area contributed by atoms with E-state index in [-0.39, 0.29) is 0 Å².